The van der Waals surface area contributed by atoms with Crippen molar-refractivity contribution in [1.29, 1.82) is 0 Å². The molecule has 0 atom stereocenters. The molecule has 0 heterocycles. The Morgan fingerprint density at radius 3 is 2.40 bits per heavy atom. The Morgan fingerprint density at radius 1 is 1.40 bits per heavy atom. The first-order valence-corrected chi connectivity index (χ1v) is 5.95. The highest BCUT2D eigenvalue weighted by molar-refractivity contribution is 9.11. The van der Waals surface area contributed by atoms with Gasteiger partial charge in [0.15, 0.2) is 0 Å². The summed E-state index contributed by atoms with van der Waals surface area (Å²) in [5.74, 6) is -0.0168. The number of halogens is 2. The van der Waals surface area contributed by atoms with E-state index in [2.05, 4.69) is 38.4 Å². The Labute approximate surface area is 106 Å². The number of benzene rings is 1. The van der Waals surface area contributed by atoms with E-state index in [1.54, 1.807) is 30.2 Å². The molecule has 15 heavy (non-hydrogen) atoms. The standard InChI is InChI=1S/C11H11Br2NO/c1-3-4-14(2)11(15)8-5-9(12)7-10(13)6-8/h3,5-7H,1,4H2,2H3. The first-order valence-electron chi connectivity index (χ1n) is 4.37. The molecule has 4 heteroatoms. The number of rotatable bonds is 3. The highest BCUT2D eigenvalue weighted by Gasteiger charge is 2.11. The van der Waals surface area contributed by atoms with E-state index in [0.717, 1.165) is 8.95 Å². The van der Waals surface area contributed by atoms with Crippen LogP contribution in [-0.4, -0.2) is 24.4 Å². The summed E-state index contributed by atoms with van der Waals surface area (Å²) in [6.45, 7) is 4.14. The number of nitrogens with zero attached hydrogens (tertiary/aromatic N) is 1. The van der Waals surface area contributed by atoms with Crippen LogP contribution in [0.25, 0.3) is 0 Å². The molecule has 0 aliphatic carbocycles. The molecule has 0 fully saturated rings. The molecule has 80 valence electrons. The van der Waals surface area contributed by atoms with E-state index in [-0.39, 0.29) is 5.91 Å². The fraction of sp³-hybridized carbons (Fsp3) is 0.182. The molecule has 0 unspecified atom stereocenters. The van der Waals surface area contributed by atoms with Crippen molar-refractivity contribution < 1.29 is 4.79 Å². The van der Waals surface area contributed by atoms with E-state index in [9.17, 15) is 4.79 Å². The van der Waals surface area contributed by atoms with Crippen LogP contribution in [0.3, 0.4) is 0 Å². The van der Waals surface area contributed by atoms with E-state index in [0.29, 0.717) is 12.1 Å². The Hall–Kier alpha value is -0.610. The predicted octanol–water partition coefficient (Wildman–Crippen LogP) is 3.47. The minimum Gasteiger partial charge on any atom is -0.338 e. The van der Waals surface area contributed by atoms with Crippen LogP contribution in [0.15, 0.2) is 39.8 Å². The van der Waals surface area contributed by atoms with Crippen LogP contribution in [0.4, 0.5) is 0 Å². The first kappa shape index (κ1) is 12.5. The molecule has 0 saturated heterocycles. The van der Waals surface area contributed by atoms with Crippen molar-refractivity contribution in [1.82, 2.24) is 4.90 Å². The zero-order valence-electron chi connectivity index (χ0n) is 8.34. The zero-order valence-corrected chi connectivity index (χ0v) is 11.5. The van der Waals surface area contributed by atoms with E-state index >= 15 is 0 Å². The summed E-state index contributed by atoms with van der Waals surface area (Å²) in [5, 5.41) is 0. The molecule has 0 spiro atoms. The van der Waals surface area contributed by atoms with Crippen molar-refractivity contribution in [3.05, 3.63) is 45.4 Å². The number of carbonyl (C=O) groups excluding carboxylic acids is 1. The molecule has 0 bridgehead atoms. The molecule has 0 aromatic heterocycles. The largest absolute Gasteiger partial charge is 0.338 e. The fourth-order valence-corrected chi connectivity index (χ4v) is 2.47. The number of amides is 1. The Bertz CT molecular complexity index is 370. The monoisotopic (exact) mass is 331 g/mol. The second kappa shape index (κ2) is 5.47. The molecule has 1 rings (SSSR count). The van der Waals surface area contributed by atoms with Gasteiger partial charge in [0, 0.05) is 28.1 Å². The fourth-order valence-electron chi connectivity index (χ4n) is 1.17. The predicted molar refractivity (Wildman–Crippen MR) is 69.0 cm³/mol. The van der Waals surface area contributed by atoms with E-state index < -0.39 is 0 Å². The molecule has 0 aliphatic rings. The van der Waals surface area contributed by atoms with Crippen molar-refractivity contribution in [3.63, 3.8) is 0 Å². The third kappa shape index (κ3) is 3.47. The highest BCUT2D eigenvalue weighted by Crippen LogP contribution is 2.20. The van der Waals surface area contributed by atoms with Crippen LogP contribution in [0.1, 0.15) is 10.4 Å². The van der Waals surface area contributed by atoms with Gasteiger partial charge >= 0.3 is 0 Å². The lowest BCUT2D eigenvalue weighted by Crippen LogP contribution is -2.26. The molecule has 1 aromatic rings. The average molecular weight is 333 g/mol. The molecular weight excluding hydrogens is 322 g/mol. The minimum atomic E-state index is -0.0168. The van der Waals surface area contributed by atoms with Gasteiger partial charge in [-0.1, -0.05) is 37.9 Å². The van der Waals surface area contributed by atoms with Crippen LogP contribution < -0.4 is 0 Å². The molecule has 0 saturated carbocycles. The molecule has 0 N–H and O–H groups in total. The molecular formula is C11H11Br2NO. The van der Waals surface area contributed by atoms with Gasteiger partial charge in [0.1, 0.15) is 0 Å². The van der Waals surface area contributed by atoms with Gasteiger partial charge in [0.2, 0.25) is 0 Å². The summed E-state index contributed by atoms with van der Waals surface area (Å²) < 4.78 is 1.76. The lowest BCUT2D eigenvalue weighted by molar-refractivity contribution is 0.0810. The van der Waals surface area contributed by atoms with Gasteiger partial charge < -0.3 is 4.90 Å². The lowest BCUT2D eigenvalue weighted by atomic mass is 10.2. The summed E-state index contributed by atoms with van der Waals surface area (Å²) in [6.07, 6.45) is 1.70. The zero-order chi connectivity index (χ0) is 11.4. The summed E-state index contributed by atoms with van der Waals surface area (Å²) in [6, 6.07) is 5.49. The van der Waals surface area contributed by atoms with Crippen LogP contribution >= 0.6 is 31.9 Å². The van der Waals surface area contributed by atoms with Gasteiger partial charge in [0.05, 0.1) is 0 Å². The maximum Gasteiger partial charge on any atom is 0.253 e. The van der Waals surface area contributed by atoms with Crippen LogP contribution in [-0.2, 0) is 0 Å². The topological polar surface area (TPSA) is 20.3 Å². The molecule has 0 aliphatic heterocycles. The van der Waals surface area contributed by atoms with E-state index in [1.807, 2.05) is 6.07 Å². The van der Waals surface area contributed by atoms with Gasteiger partial charge in [-0.05, 0) is 18.2 Å². The van der Waals surface area contributed by atoms with Crippen molar-refractivity contribution in [2.75, 3.05) is 13.6 Å². The minimum absolute atomic E-state index is 0.0168. The number of likely N-dealkylation sites (N-methyl/N-ethyl adjacent to an activating group) is 1. The van der Waals surface area contributed by atoms with E-state index in [1.165, 1.54) is 0 Å². The van der Waals surface area contributed by atoms with Gasteiger partial charge in [-0.3, -0.25) is 4.79 Å². The smallest absolute Gasteiger partial charge is 0.253 e. The third-order valence-corrected chi connectivity index (χ3v) is 2.77. The Morgan fingerprint density at radius 2 is 1.93 bits per heavy atom. The summed E-state index contributed by atoms with van der Waals surface area (Å²) in [4.78, 5) is 13.5. The maximum absolute atomic E-state index is 11.9. The van der Waals surface area contributed by atoms with Gasteiger partial charge in [-0.15, -0.1) is 6.58 Å². The summed E-state index contributed by atoms with van der Waals surface area (Å²) in [5.41, 5.74) is 0.653. The first-order chi connectivity index (χ1) is 7.04. The van der Waals surface area contributed by atoms with Gasteiger partial charge in [-0.25, -0.2) is 0 Å². The van der Waals surface area contributed by atoms with Crippen molar-refractivity contribution in [3.8, 4) is 0 Å². The van der Waals surface area contributed by atoms with Gasteiger partial charge in [0.25, 0.3) is 5.91 Å². The normalized spacial score (nSPS) is 9.80. The Balaban J connectivity index is 2.95. The summed E-state index contributed by atoms with van der Waals surface area (Å²) >= 11 is 6.70. The third-order valence-electron chi connectivity index (χ3n) is 1.86. The number of hydrogen-bond acceptors (Lipinski definition) is 1. The quantitative estimate of drug-likeness (QED) is 0.776. The lowest BCUT2D eigenvalue weighted by Gasteiger charge is -2.15. The number of hydrogen-bond donors (Lipinski definition) is 0. The second-order valence-electron chi connectivity index (χ2n) is 3.13. The van der Waals surface area contributed by atoms with Crippen LogP contribution in [0.5, 0.6) is 0 Å². The SMILES string of the molecule is C=CCN(C)C(=O)c1cc(Br)cc(Br)c1. The van der Waals surface area contributed by atoms with Crippen molar-refractivity contribution >= 4 is 37.8 Å². The highest BCUT2D eigenvalue weighted by atomic mass is 79.9. The Kier molecular flexibility index (Phi) is 4.54. The van der Waals surface area contributed by atoms with Crippen LogP contribution in [0.2, 0.25) is 0 Å². The maximum atomic E-state index is 11.9. The van der Waals surface area contributed by atoms with Crippen molar-refractivity contribution in [2.45, 2.75) is 0 Å². The molecule has 1 amide bonds. The molecule has 0 radical (unpaired) electrons. The van der Waals surface area contributed by atoms with Gasteiger partial charge in [-0.2, -0.15) is 0 Å². The number of carbonyl (C=O) groups is 1. The summed E-state index contributed by atoms with van der Waals surface area (Å²) in [7, 11) is 1.75. The van der Waals surface area contributed by atoms with Crippen molar-refractivity contribution in [2.24, 2.45) is 0 Å². The average Bonchev–Trinajstić information content (AvgIpc) is 2.15. The van der Waals surface area contributed by atoms with Crippen LogP contribution in [0, 0.1) is 0 Å². The molecule has 2 nitrogen and oxygen atoms in total. The molecule has 1 aromatic carbocycles. The second-order valence-corrected chi connectivity index (χ2v) is 4.96. The van der Waals surface area contributed by atoms with E-state index in [4.69, 9.17) is 0 Å².